The van der Waals surface area contributed by atoms with Crippen LogP contribution in [0.3, 0.4) is 0 Å². The molecule has 8 heteroatoms. The maximum Gasteiger partial charge on any atom is 0.329 e. The Kier molecular flexibility index (Phi) is 6.68. The van der Waals surface area contributed by atoms with E-state index in [2.05, 4.69) is 10.3 Å². The van der Waals surface area contributed by atoms with Gasteiger partial charge in [-0.25, -0.2) is 14.2 Å². The van der Waals surface area contributed by atoms with Crippen molar-refractivity contribution in [2.24, 2.45) is 0 Å². The smallest absolute Gasteiger partial charge is 0.329 e. The fraction of sp³-hybridized carbons (Fsp3) is 0.154. The molecule has 1 heterocycles. The number of amides is 1. The Hall–Kier alpha value is -4.46. The molecule has 3 aromatic carbocycles. The number of hydrogen-bond acceptors (Lipinski definition) is 4. The molecule has 172 valence electrons. The van der Waals surface area contributed by atoms with Crippen molar-refractivity contribution in [3.63, 3.8) is 0 Å². The number of carboxylic acid groups (broad SMARTS) is 1. The fourth-order valence-corrected chi connectivity index (χ4v) is 3.92. The molecule has 1 aromatic heterocycles. The normalized spacial score (nSPS) is 12.7. The number of para-hydroxylation sites is 1. The maximum atomic E-state index is 13.4. The number of aromatic amines is 1. The number of fused-ring (bicyclic) bond motifs is 1. The van der Waals surface area contributed by atoms with E-state index in [0.29, 0.717) is 5.52 Å². The van der Waals surface area contributed by atoms with Crippen LogP contribution in [-0.4, -0.2) is 32.6 Å². The van der Waals surface area contributed by atoms with Crippen LogP contribution in [0.2, 0.25) is 0 Å². The first-order valence-corrected chi connectivity index (χ1v) is 10.8. The SMILES string of the molecule is O=C(O)C(Cc1ccccc1)NC(=O)C(Cc1ccccc1)n1c(=O)[nH]c2ccccc2c1=O. The van der Waals surface area contributed by atoms with Crippen molar-refractivity contribution in [1.82, 2.24) is 14.9 Å². The Morgan fingerprint density at radius 2 is 1.38 bits per heavy atom. The van der Waals surface area contributed by atoms with E-state index in [1.807, 2.05) is 12.1 Å². The van der Waals surface area contributed by atoms with Crippen molar-refractivity contribution in [1.29, 1.82) is 0 Å². The lowest BCUT2D eigenvalue weighted by molar-refractivity contribution is -0.142. The molecule has 0 aliphatic heterocycles. The minimum Gasteiger partial charge on any atom is -0.480 e. The van der Waals surface area contributed by atoms with Gasteiger partial charge in [-0.3, -0.25) is 9.59 Å². The molecule has 0 saturated carbocycles. The first kappa shape index (κ1) is 22.7. The lowest BCUT2D eigenvalue weighted by Gasteiger charge is -2.22. The van der Waals surface area contributed by atoms with Gasteiger partial charge in [0.25, 0.3) is 5.56 Å². The standard InChI is InChI=1S/C26H23N3O5/c30-23(27-21(25(32)33)15-17-9-3-1-4-10-17)22(16-18-11-5-2-6-12-18)29-24(31)19-13-7-8-14-20(19)28-26(29)34/h1-14,21-22H,15-16H2,(H,27,30)(H,28,34)(H,32,33). The molecule has 3 N–H and O–H groups in total. The first-order chi connectivity index (χ1) is 16.4. The summed E-state index contributed by atoms with van der Waals surface area (Å²) in [7, 11) is 0. The van der Waals surface area contributed by atoms with Gasteiger partial charge in [0, 0.05) is 12.8 Å². The zero-order valence-electron chi connectivity index (χ0n) is 18.2. The van der Waals surface area contributed by atoms with Gasteiger partial charge in [-0.1, -0.05) is 72.8 Å². The number of nitrogens with zero attached hydrogens (tertiary/aromatic N) is 1. The number of aromatic nitrogens is 2. The highest BCUT2D eigenvalue weighted by molar-refractivity contribution is 5.87. The molecular weight excluding hydrogens is 434 g/mol. The molecule has 4 aromatic rings. The number of benzene rings is 3. The van der Waals surface area contributed by atoms with Gasteiger partial charge in [0.1, 0.15) is 12.1 Å². The molecule has 0 saturated heterocycles. The molecule has 0 radical (unpaired) electrons. The van der Waals surface area contributed by atoms with Crippen molar-refractivity contribution < 1.29 is 14.7 Å². The molecule has 0 aliphatic rings. The summed E-state index contributed by atoms with van der Waals surface area (Å²) in [5, 5.41) is 12.5. The second-order valence-corrected chi connectivity index (χ2v) is 7.95. The minimum atomic E-state index is -1.25. The van der Waals surface area contributed by atoms with Crippen LogP contribution in [0.25, 0.3) is 10.9 Å². The second kappa shape index (κ2) is 9.99. The number of carbonyl (C=O) groups is 2. The third-order valence-corrected chi connectivity index (χ3v) is 5.62. The summed E-state index contributed by atoms with van der Waals surface area (Å²) < 4.78 is 0.867. The predicted molar refractivity (Wildman–Crippen MR) is 128 cm³/mol. The molecule has 34 heavy (non-hydrogen) atoms. The quantitative estimate of drug-likeness (QED) is 0.375. The number of carboxylic acids is 1. The number of hydrogen-bond donors (Lipinski definition) is 3. The van der Waals surface area contributed by atoms with Gasteiger partial charge in [0.15, 0.2) is 0 Å². The van der Waals surface area contributed by atoms with Gasteiger partial charge in [-0.15, -0.1) is 0 Å². The van der Waals surface area contributed by atoms with Gasteiger partial charge >= 0.3 is 11.7 Å². The lowest BCUT2D eigenvalue weighted by Crippen LogP contribution is -2.50. The molecule has 8 nitrogen and oxygen atoms in total. The molecule has 1 amide bonds. The highest BCUT2D eigenvalue weighted by Gasteiger charge is 2.29. The molecule has 4 rings (SSSR count). The van der Waals surface area contributed by atoms with Crippen LogP contribution in [0.15, 0.2) is 94.5 Å². The largest absolute Gasteiger partial charge is 0.480 e. The van der Waals surface area contributed by atoms with Crippen LogP contribution in [0.5, 0.6) is 0 Å². The Morgan fingerprint density at radius 3 is 2.00 bits per heavy atom. The van der Waals surface area contributed by atoms with Crippen LogP contribution < -0.4 is 16.6 Å². The van der Waals surface area contributed by atoms with Crippen molar-refractivity contribution in [3.05, 3.63) is 117 Å². The Morgan fingerprint density at radius 1 is 0.824 bits per heavy atom. The van der Waals surface area contributed by atoms with E-state index in [-0.39, 0.29) is 18.2 Å². The lowest BCUT2D eigenvalue weighted by atomic mass is 10.0. The summed E-state index contributed by atoms with van der Waals surface area (Å²) >= 11 is 0. The van der Waals surface area contributed by atoms with Gasteiger partial charge in [-0.05, 0) is 23.3 Å². The third kappa shape index (κ3) is 4.96. The average molecular weight is 457 g/mol. The van der Waals surface area contributed by atoms with Crippen LogP contribution in [0, 0.1) is 0 Å². The third-order valence-electron chi connectivity index (χ3n) is 5.62. The zero-order valence-corrected chi connectivity index (χ0v) is 18.2. The summed E-state index contributed by atoms with van der Waals surface area (Å²) in [5.74, 6) is -1.94. The minimum absolute atomic E-state index is 0.0334. The monoisotopic (exact) mass is 457 g/mol. The van der Waals surface area contributed by atoms with E-state index in [1.165, 1.54) is 0 Å². The first-order valence-electron chi connectivity index (χ1n) is 10.8. The predicted octanol–water partition coefficient (Wildman–Crippen LogP) is 2.29. The van der Waals surface area contributed by atoms with Crippen molar-refractivity contribution in [2.45, 2.75) is 24.9 Å². The Bertz CT molecular complexity index is 1430. The topological polar surface area (TPSA) is 121 Å². The van der Waals surface area contributed by atoms with Crippen molar-refractivity contribution >= 4 is 22.8 Å². The van der Waals surface area contributed by atoms with Gasteiger partial charge in [0.2, 0.25) is 5.91 Å². The van der Waals surface area contributed by atoms with Crippen LogP contribution in [-0.2, 0) is 22.4 Å². The Balaban J connectivity index is 1.74. The Labute approximate surface area is 194 Å². The van der Waals surface area contributed by atoms with Crippen LogP contribution in [0.1, 0.15) is 17.2 Å². The zero-order chi connectivity index (χ0) is 24.1. The number of H-pyrrole nitrogens is 1. The fourth-order valence-electron chi connectivity index (χ4n) is 3.92. The summed E-state index contributed by atoms with van der Waals surface area (Å²) in [4.78, 5) is 54.1. The summed E-state index contributed by atoms with van der Waals surface area (Å²) in [6, 6.07) is 21.9. The highest BCUT2D eigenvalue weighted by Crippen LogP contribution is 2.15. The number of carbonyl (C=O) groups excluding carboxylic acids is 1. The van der Waals surface area contributed by atoms with Gasteiger partial charge in [0.05, 0.1) is 10.9 Å². The highest BCUT2D eigenvalue weighted by atomic mass is 16.4. The molecule has 0 spiro atoms. The van der Waals surface area contributed by atoms with Crippen molar-refractivity contribution in [2.75, 3.05) is 0 Å². The van der Waals surface area contributed by atoms with E-state index in [0.717, 1.165) is 15.7 Å². The van der Waals surface area contributed by atoms with Crippen LogP contribution in [0.4, 0.5) is 0 Å². The van der Waals surface area contributed by atoms with E-state index >= 15 is 0 Å². The second-order valence-electron chi connectivity index (χ2n) is 7.95. The van der Waals surface area contributed by atoms with Gasteiger partial charge < -0.3 is 15.4 Å². The van der Waals surface area contributed by atoms with E-state index in [9.17, 15) is 24.3 Å². The molecule has 0 aliphatic carbocycles. The molecular formula is C26H23N3O5. The molecule has 0 bridgehead atoms. The number of aliphatic carboxylic acids is 1. The van der Waals surface area contributed by atoms with E-state index in [1.54, 1.807) is 72.8 Å². The van der Waals surface area contributed by atoms with Crippen molar-refractivity contribution in [3.8, 4) is 0 Å². The number of rotatable bonds is 8. The average Bonchev–Trinajstić information content (AvgIpc) is 2.84. The molecule has 2 atom stereocenters. The van der Waals surface area contributed by atoms with Crippen LogP contribution >= 0.6 is 0 Å². The summed E-state index contributed by atoms with van der Waals surface area (Å²) in [6.45, 7) is 0. The van der Waals surface area contributed by atoms with Gasteiger partial charge in [-0.2, -0.15) is 0 Å². The maximum absolute atomic E-state index is 13.4. The van der Waals surface area contributed by atoms with E-state index < -0.39 is 35.2 Å². The van der Waals surface area contributed by atoms with E-state index in [4.69, 9.17) is 0 Å². The molecule has 2 unspecified atom stereocenters. The number of nitrogens with one attached hydrogen (secondary N) is 2. The summed E-state index contributed by atoms with van der Waals surface area (Å²) in [5.41, 5.74) is 0.452. The summed E-state index contributed by atoms with van der Waals surface area (Å²) in [6.07, 6.45) is 0.0919. The molecule has 0 fully saturated rings.